The van der Waals surface area contributed by atoms with Gasteiger partial charge in [0.25, 0.3) is 0 Å². The minimum Gasteiger partial charge on any atom is -0.460 e. The van der Waals surface area contributed by atoms with Crippen molar-refractivity contribution in [2.75, 3.05) is 0 Å². The van der Waals surface area contributed by atoms with E-state index in [0.717, 1.165) is 18.4 Å². The second kappa shape index (κ2) is 4.88. The van der Waals surface area contributed by atoms with E-state index in [2.05, 4.69) is 41.1 Å². The fourth-order valence-corrected chi connectivity index (χ4v) is 1.86. The third-order valence-electron chi connectivity index (χ3n) is 2.53. The molecular weight excluding hydrogens is 228 g/mol. The molecule has 0 bridgehead atoms. The summed E-state index contributed by atoms with van der Waals surface area (Å²) in [7, 11) is -1.32. The van der Waals surface area contributed by atoms with Gasteiger partial charge in [-0.15, -0.1) is 5.54 Å². The van der Waals surface area contributed by atoms with Crippen LogP contribution in [-0.4, -0.2) is 24.1 Å². The molecule has 1 aromatic rings. The van der Waals surface area contributed by atoms with Gasteiger partial charge in [-0.25, -0.2) is 9.97 Å². The van der Waals surface area contributed by atoms with Gasteiger partial charge in [0.1, 0.15) is 14.2 Å². The van der Waals surface area contributed by atoms with E-state index in [-0.39, 0.29) is 0 Å². The maximum absolute atomic E-state index is 5.59. The standard InChI is InChI=1S/C13H18N2OSi/c1-17(2,3)8-7-11-9-14-13(15-10-11)16-12-5-4-6-12/h9-10,12H,4-6H2,1-3H3. The molecule has 0 aliphatic heterocycles. The number of hydrogen-bond acceptors (Lipinski definition) is 3. The molecular formula is C13H18N2OSi. The zero-order valence-corrected chi connectivity index (χ0v) is 11.7. The van der Waals surface area contributed by atoms with E-state index in [1.54, 1.807) is 12.4 Å². The molecule has 1 aromatic heterocycles. The lowest BCUT2D eigenvalue weighted by Gasteiger charge is -2.24. The van der Waals surface area contributed by atoms with Crippen LogP contribution in [0, 0.1) is 11.5 Å². The van der Waals surface area contributed by atoms with E-state index in [0.29, 0.717) is 12.1 Å². The molecule has 0 amide bonds. The smallest absolute Gasteiger partial charge is 0.316 e. The summed E-state index contributed by atoms with van der Waals surface area (Å²) < 4.78 is 5.59. The minimum absolute atomic E-state index is 0.328. The van der Waals surface area contributed by atoms with Gasteiger partial charge in [-0.05, 0) is 19.3 Å². The van der Waals surface area contributed by atoms with E-state index in [1.807, 2.05) is 0 Å². The van der Waals surface area contributed by atoms with E-state index in [9.17, 15) is 0 Å². The maximum Gasteiger partial charge on any atom is 0.316 e. The van der Waals surface area contributed by atoms with Gasteiger partial charge < -0.3 is 4.74 Å². The molecule has 17 heavy (non-hydrogen) atoms. The highest BCUT2D eigenvalue weighted by Gasteiger charge is 2.19. The van der Waals surface area contributed by atoms with Crippen molar-refractivity contribution in [1.29, 1.82) is 0 Å². The Hall–Kier alpha value is -1.34. The molecule has 1 heterocycles. The van der Waals surface area contributed by atoms with Crippen LogP contribution in [-0.2, 0) is 0 Å². The summed E-state index contributed by atoms with van der Waals surface area (Å²) >= 11 is 0. The summed E-state index contributed by atoms with van der Waals surface area (Å²) in [5, 5.41) is 0. The third-order valence-corrected chi connectivity index (χ3v) is 3.41. The Morgan fingerprint density at radius 2 is 1.88 bits per heavy atom. The molecule has 90 valence electrons. The molecule has 0 spiro atoms. The Morgan fingerprint density at radius 3 is 2.35 bits per heavy atom. The topological polar surface area (TPSA) is 35.0 Å². The van der Waals surface area contributed by atoms with Gasteiger partial charge >= 0.3 is 6.01 Å². The Morgan fingerprint density at radius 1 is 1.24 bits per heavy atom. The predicted octanol–water partition coefficient (Wildman–Crippen LogP) is 2.64. The average Bonchev–Trinajstić information content (AvgIpc) is 2.21. The van der Waals surface area contributed by atoms with Crippen molar-refractivity contribution in [1.82, 2.24) is 9.97 Å². The fourth-order valence-electron chi connectivity index (χ4n) is 1.34. The number of aromatic nitrogens is 2. The Kier molecular flexibility index (Phi) is 3.48. The molecule has 3 nitrogen and oxygen atoms in total. The molecule has 0 atom stereocenters. The molecule has 2 rings (SSSR count). The van der Waals surface area contributed by atoms with Crippen LogP contribution in [0.2, 0.25) is 19.6 Å². The Labute approximate surface area is 104 Å². The summed E-state index contributed by atoms with van der Waals surface area (Å²) in [5.41, 5.74) is 4.16. The number of hydrogen-bond donors (Lipinski definition) is 0. The van der Waals surface area contributed by atoms with Crippen LogP contribution in [0.4, 0.5) is 0 Å². The van der Waals surface area contributed by atoms with Crippen LogP contribution in [0.15, 0.2) is 12.4 Å². The zero-order valence-electron chi connectivity index (χ0n) is 10.7. The van der Waals surface area contributed by atoms with Gasteiger partial charge in [-0.3, -0.25) is 0 Å². The summed E-state index contributed by atoms with van der Waals surface area (Å²) in [6.45, 7) is 6.65. The van der Waals surface area contributed by atoms with Crippen LogP contribution < -0.4 is 4.74 Å². The van der Waals surface area contributed by atoms with Gasteiger partial charge in [-0.2, -0.15) is 0 Å². The van der Waals surface area contributed by atoms with Gasteiger partial charge in [-0.1, -0.05) is 25.6 Å². The molecule has 1 aliphatic carbocycles. The van der Waals surface area contributed by atoms with Crippen molar-refractivity contribution >= 4 is 8.07 Å². The second-order valence-corrected chi connectivity index (χ2v) is 10.2. The summed E-state index contributed by atoms with van der Waals surface area (Å²) in [5.74, 6) is 3.12. The van der Waals surface area contributed by atoms with Crippen molar-refractivity contribution in [3.63, 3.8) is 0 Å². The number of ether oxygens (including phenoxy) is 1. The molecule has 0 saturated heterocycles. The quantitative estimate of drug-likeness (QED) is 0.594. The van der Waals surface area contributed by atoms with Gasteiger partial charge in [0.05, 0.1) is 5.56 Å². The molecule has 0 radical (unpaired) electrons. The molecule has 1 saturated carbocycles. The first-order valence-corrected chi connectivity index (χ1v) is 9.55. The molecule has 4 heteroatoms. The van der Waals surface area contributed by atoms with Crippen molar-refractivity contribution in [2.24, 2.45) is 0 Å². The predicted molar refractivity (Wildman–Crippen MR) is 70.5 cm³/mol. The first kappa shape index (κ1) is 12.1. The highest BCUT2D eigenvalue weighted by Crippen LogP contribution is 2.22. The summed E-state index contributed by atoms with van der Waals surface area (Å²) in [4.78, 5) is 8.36. The van der Waals surface area contributed by atoms with Gasteiger partial charge in [0.15, 0.2) is 0 Å². The maximum atomic E-state index is 5.59. The molecule has 0 unspecified atom stereocenters. The second-order valence-electron chi connectivity index (χ2n) is 5.43. The lowest BCUT2D eigenvalue weighted by atomic mass is 9.96. The van der Waals surface area contributed by atoms with E-state index in [4.69, 9.17) is 4.74 Å². The molecule has 1 aliphatic rings. The van der Waals surface area contributed by atoms with Crippen molar-refractivity contribution < 1.29 is 4.74 Å². The van der Waals surface area contributed by atoms with Gasteiger partial charge in [0.2, 0.25) is 0 Å². The SMILES string of the molecule is C[Si](C)(C)C#Cc1cnc(OC2CCC2)nc1. The van der Waals surface area contributed by atoms with Crippen LogP contribution in [0.3, 0.4) is 0 Å². The van der Waals surface area contributed by atoms with Crippen LogP contribution in [0.5, 0.6) is 6.01 Å². The highest BCUT2D eigenvalue weighted by molar-refractivity contribution is 6.83. The third kappa shape index (κ3) is 3.86. The summed E-state index contributed by atoms with van der Waals surface area (Å²) in [6.07, 6.45) is 7.32. The van der Waals surface area contributed by atoms with Crippen LogP contribution in [0.1, 0.15) is 24.8 Å². The first-order valence-electron chi connectivity index (χ1n) is 6.05. The van der Waals surface area contributed by atoms with Crippen molar-refractivity contribution in [3.05, 3.63) is 18.0 Å². The lowest BCUT2D eigenvalue weighted by molar-refractivity contribution is 0.108. The lowest BCUT2D eigenvalue weighted by Crippen LogP contribution is -2.25. The minimum atomic E-state index is -1.32. The van der Waals surface area contributed by atoms with Crippen LogP contribution >= 0.6 is 0 Å². The normalized spacial score (nSPS) is 15.7. The molecule has 1 fully saturated rings. The monoisotopic (exact) mass is 246 g/mol. The fraction of sp³-hybridized carbons (Fsp3) is 0.538. The number of rotatable bonds is 2. The summed E-state index contributed by atoms with van der Waals surface area (Å²) in [6, 6.07) is 0.480. The average molecular weight is 246 g/mol. The zero-order chi connectivity index (χ0) is 12.3. The largest absolute Gasteiger partial charge is 0.460 e. The van der Waals surface area contributed by atoms with Crippen molar-refractivity contribution in [2.45, 2.75) is 45.0 Å². The van der Waals surface area contributed by atoms with Crippen LogP contribution in [0.25, 0.3) is 0 Å². The van der Waals surface area contributed by atoms with E-state index in [1.165, 1.54) is 6.42 Å². The Balaban J connectivity index is 1.99. The number of nitrogens with zero attached hydrogens (tertiary/aromatic N) is 2. The highest BCUT2D eigenvalue weighted by atomic mass is 28.3. The van der Waals surface area contributed by atoms with Crippen molar-refractivity contribution in [3.8, 4) is 17.5 Å². The van der Waals surface area contributed by atoms with E-state index < -0.39 is 8.07 Å². The molecule has 0 aromatic carbocycles. The molecule has 0 N–H and O–H groups in total. The van der Waals surface area contributed by atoms with E-state index >= 15 is 0 Å². The van der Waals surface area contributed by atoms with Gasteiger partial charge in [0, 0.05) is 12.4 Å². The first-order chi connectivity index (χ1) is 8.03. The Bertz CT molecular complexity index is 435.